The number of thiophene rings is 1. The van der Waals surface area contributed by atoms with Crippen molar-refractivity contribution >= 4 is 31.5 Å². The maximum absolute atomic E-state index is 4.53. The van der Waals surface area contributed by atoms with Crippen LogP contribution in [-0.2, 0) is 0 Å². The summed E-state index contributed by atoms with van der Waals surface area (Å²) in [4.78, 5) is 0. The van der Waals surface area contributed by atoms with Gasteiger partial charge in [-0.1, -0.05) is 91.0 Å². The minimum absolute atomic E-state index is 0.845. The monoisotopic (exact) mass is 415 g/mol. The summed E-state index contributed by atoms with van der Waals surface area (Å²) in [5.41, 5.74) is 5.90. The van der Waals surface area contributed by atoms with Crippen LogP contribution in [0, 0.1) is 0 Å². The van der Waals surface area contributed by atoms with Gasteiger partial charge in [0.15, 0.2) is 0 Å². The molecule has 0 spiro atoms. The molecule has 6 rings (SSSR count). The second-order valence-electron chi connectivity index (χ2n) is 7.37. The Balaban J connectivity index is 1.76. The van der Waals surface area contributed by atoms with Crippen LogP contribution in [0.15, 0.2) is 103 Å². The zero-order valence-corrected chi connectivity index (χ0v) is 17.4. The van der Waals surface area contributed by atoms with Crippen molar-refractivity contribution in [2.45, 2.75) is 0 Å². The van der Waals surface area contributed by atoms with E-state index < -0.39 is 0 Å². The van der Waals surface area contributed by atoms with Gasteiger partial charge in [0.05, 0.1) is 0 Å². The summed E-state index contributed by atoms with van der Waals surface area (Å²) in [5.74, 6) is 0. The normalized spacial score (nSPS) is 11.2. The summed E-state index contributed by atoms with van der Waals surface area (Å²) in [7, 11) is 0. The summed E-state index contributed by atoms with van der Waals surface area (Å²) in [6, 6.07) is 35.5. The molecule has 0 amide bonds. The molecule has 0 saturated heterocycles. The molecule has 6 aromatic rings. The van der Waals surface area contributed by atoms with E-state index in [0.29, 0.717) is 0 Å². The largest absolute Gasteiger partial charge is 0.135 e. The van der Waals surface area contributed by atoms with E-state index in [1.807, 2.05) is 47.7 Å². The summed E-state index contributed by atoms with van der Waals surface area (Å²) >= 11 is 1.82. The average Bonchev–Trinajstić information content (AvgIpc) is 3.24. The number of hydrogen-bond acceptors (Lipinski definition) is 4. The molecule has 0 atom stereocenters. The lowest BCUT2D eigenvalue weighted by Gasteiger charge is -2.14. The first-order valence-corrected chi connectivity index (χ1v) is 11.0. The number of rotatable bonds is 3. The molecule has 0 aliphatic rings. The molecule has 0 N–H and O–H groups in total. The Morgan fingerprint density at radius 2 is 1.10 bits per heavy atom. The first-order valence-electron chi connectivity index (χ1n) is 10.1. The summed E-state index contributed by atoms with van der Waals surface area (Å²) in [6.45, 7) is 0. The molecule has 4 heteroatoms. The number of aromatic nitrogens is 3. The summed E-state index contributed by atoms with van der Waals surface area (Å²) in [5, 5.41) is 15.7. The fourth-order valence-corrected chi connectivity index (χ4v) is 5.29. The maximum atomic E-state index is 4.53. The van der Waals surface area contributed by atoms with Gasteiger partial charge >= 0.3 is 0 Å². The molecule has 0 aliphatic carbocycles. The lowest BCUT2D eigenvalue weighted by atomic mass is 9.92. The highest BCUT2D eigenvalue weighted by molar-refractivity contribution is 7.25. The molecule has 4 aromatic carbocycles. The summed E-state index contributed by atoms with van der Waals surface area (Å²) < 4.78 is 2.54. The molecular weight excluding hydrogens is 398 g/mol. The van der Waals surface area contributed by atoms with Crippen LogP contribution in [-0.4, -0.2) is 15.4 Å². The SMILES string of the molecule is c1ccc(-c2nnnc(-c3ccccc3)c2-c2cccc3sc4ccccc4c23)cc1. The number of benzene rings is 4. The highest BCUT2D eigenvalue weighted by Gasteiger charge is 2.21. The molecule has 0 aliphatic heterocycles. The maximum Gasteiger partial charge on any atom is 0.105 e. The molecular formula is C27H17N3S. The van der Waals surface area contributed by atoms with Gasteiger partial charge < -0.3 is 0 Å². The second-order valence-corrected chi connectivity index (χ2v) is 8.45. The number of hydrogen-bond donors (Lipinski definition) is 0. The van der Waals surface area contributed by atoms with E-state index in [1.54, 1.807) is 0 Å². The van der Waals surface area contributed by atoms with Crippen molar-refractivity contribution in [1.29, 1.82) is 0 Å². The van der Waals surface area contributed by atoms with Gasteiger partial charge in [-0.05, 0) is 22.9 Å². The lowest BCUT2D eigenvalue weighted by molar-refractivity contribution is 0.879. The van der Waals surface area contributed by atoms with Crippen molar-refractivity contribution in [3.63, 3.8) is 0 Å². The molecule has 0 fully saturated rings. The zero-order valence-electron chi connectivity index (χ0n) is 16.6. The molecule has 31 heavy (non-hydrogen) atoms. The minimum atomic E-state index is 0.845. The smallest absolute Gasteiger partial charge is 0.105 e. The molecule has 146 valence electrons. The standard InChI is InChI=1S/C27H17N3S/c1-3-10-18(11-4-1)26-25(27(29-30-28-26)19-12-5-2-6-13-19)21-15-9-17-23-24(21)20-14-7-8-16-22(20)31-23/h1-17H. The first-order chi connectivity index (χ1) is 15.4. The van der Waals surface area contributed by atoms with Crippen LogP contribution >= 0.6 is 11.3 Å². The molecule has 0 bridgehead atoms. The van der Waals surface area contributed by atoms with Crippen molar-refractivity contribution in [3.05, 3.63) is 103 Å². The van der Waals surface area contributed by atoms with Gasteiger partial charge in [-0.2, -0.15) is 0 Å². The van der Waals surface area contributed by atoms with E-state index in [4.69, 9.17) is 0 Å². The quantitative estimate of drug-likeness (QED) is 0.306. The van der Waals surface area contributed by atoms with Gasteiger partial charge in [0, 0.05) is 36.9 Å². The molecule has 0 radical (unpaired) electrons. The van der Waals surface area contributed by atoms with Gasteiger partial charge in [0.25, 0.3) is 0 Å². The van der Waals surface area contributed by atoms with E-state index in [9.17, 15) is 0 Å². The number of nitrogens with zero attached hydrogens (tertiary/aromatic N) is 3. The Morgan fingerprint density at radius 1 is 0.516 bits per heavy atom. The lowest BCUT2D eigenvalue weighted by Crippen LogP contribution is -2.00. The Labute approximate surface area is 183 Å². The molecule has 0 unspecified atom stereocenters. The fraction of sp³-hybridized carbons (Fsp3) is 0. The fourth-order valence-electron chi connectivity index (χ4n) is 4.16. The van der Waals surface area contributed by atoms with E-state index in [2.05, 4.69) is 82.1 Å². The molecule has 2 aromatic heterocycles. The van der Waals surface area contributed by atoms with Gasteiger partial charge in [0.2, 0.25) is 0 Å². The highest BCUT2D eigenvalue weighted by atomic mass is 32.1. The zero-order chi connectivity index (χ0) is 20.6. The van der Waals surface area contributed by atoms with Gasteiger partial charge in [-0.15, -0.1) is 21.5 Å². The third-order valence-electron chi connectivity index (χ3n) is 5.53. The van der Waals surface area contributed by atoms with Crippen LogP contribution in [0.4, 0.5) is 0 Å². The topological polar surface area (TPSA) is 38.7 Å². The minimum Gasteiger partial charge on any atom is -0.135 e. The summed E-state index contributed by atoms with van der Waals surface area (Å²) in [6.07, 6.45) is 0. The average molecular weight is 416 g/mol. The van der Waals surface area contributed by atoms with E-state index in [0.717, 1.165) is 33.6 Å². The van der Waals surface area contributed by atoms with Crippen LogP contribution < -0.4 is 0 Å². The van der Waals surface area contributed by atoms with Crippen LogP contribution in [0.1, 0.15) is 0 Å². The van der Waals surface area contributed by atoms with E-state index in [1.165, 1.54) is 20.2 Å². The number of fused-ring (bicyclic) bond motifs is 3. The highest BCUT2D eigenvalue weighted by Crippen LogP contribution is 2.44. The molecule has 0 saturated carbocycles. The third kappa shape index (κ3) is 3.00. The van der Waals surface area contributed by atoms with Crippen molar-refractivity contribution < 1.29 is 0 Å². The van der Waals surface area contributed by atoms with Crippen LogP contribution in [0.5, 0.6) is 0 Å². The van der Waals surface area contributed by atoms with Gasteiger partial charge in [-0.3, -0.25) is 0 Å². The first kappa shape index (κ1) is 17.9. The van der Waals surface area contributed by atoms with Crippen molar-refractivity contribution in [1.82, 2.24) is 15.4 Å². The van der Waals surface area contributed by atoms with Crippen molar-refractivity contribution in [3.8, 4) is 33.6 Å². The van der Waals surface area contributed by atoms with Crippen LogP contribution in [0.2, 0.25) is 0 Å². The Kier molecular flexibility index (Phi) is 4.29. The van der Waals surface area contributed by atoms with E-state index in [-0.39, 0.29) is 0 Å². The third-order valence-corrected chi connectivity index (χ3v) is 6.67. The Morgan fingerprint density at radius 3 is 1.77 bits per heavy atom. The van der Waals surface area contributed by atoms with Crippen LogP contribution in [0.25, 0.3) is 53.8 Å². The van der Waals surface area contributed by atoms with Crippen molar-refractivity contribution in [2.24, 2.45) is 0 Å². The van der Waals surface area contributed by atoms with Crippen LogP contribution in [0.3, 0.4) is 0 Å². The second kappa shape index (κ2) is 7.42. The Bertz CT molecular complexity index is 1460. The van der Waals surface area contributed by atoms with Crippen molar-refractivity contribution in [2.75, 3.05) is 0 Å². The predicted octanol–water partition coefficient (Wildman–Crippen LogP) is 7.24. The Hall–Kier alpha value is -3.89. The molecule has 2 heterocycles. The van der Waals surface area contributed by atoms with Gasteiger partial charge in [0.1, 0.15) is 11.4 Å². The van der Waals surface area contributed by atoms with E-state index >= 15 is 0 Å². The predicted molar refractivity (Wildman–Crippen MR) is 129 cm³/mol. The molecule has 3 nitrogen and oxygen atoms in total. The van der Waals surface area contributed by atoms with Gasteiger partial charge in [-0.25, -0.2) is 0 Å².